The molecule has 6 nitrogen and oxygen atoms in total. The van der Waals surface area contributed by atoms with Gasteiger partial charge in [0.25, 0.3) is 0 Å². The Morgan fingerprint density at radius 3 is 2.42 bits per heavy atom. The van der Waals surface area contributed by atoms with Crippen LogP contribution in [0.15, 0.2) is 65.3 Å². The SMILES string of the molecule is COc1ccc(-c2c(-c3ccccc3)oc3ncnc(NCCCCCCO)c23)cc1. The van der Waals surface area contributed by atoms with Crippen LogP contribution in [0.5, 0.6) is 5.75 Å². The van der Waals surface area contributed by atoms with E-state index in [9.17, 15) is 0 Å². The monoisotopic (exact) mass is 417 g/mol. The average molecular weight is 418 g/mol. The van der Waals surface area contributed by atoms with Crippen molar-refractivity contribution in [1.82, 2.24) is 9.97 Å². The number of fused-ring (bicyclic) bond motifs is 1. The van der Waals surface area contributed by atoms with Crippen LogP contribution in [-0.2, 0) is 0 Å². The Labute approximate surface area is 181 Å². The van der Waals surface area contributed by atoms with Gasteiger partial charge in [0.15, 0.2) is 0 Å². The minimum absolute atomic E-state index is 0.252. The fourth-order valence-corrected chi connectivity index (χ4v) is 3.69. The molecule has 2 aromatic heterocycles. The Bertz CT molecular complexity index is 1110. The molecule has 0 aliphatic heterocycles. The van der Waals surface area contributed by atoms with Gasteiger partial charge in [-0.15, -0.1) is 0 Å². The van der Waals surface area contributed by atoms with Gasteiger partial charge in [0.2, 0.25) is 5.71 Å². The van der Waals surface area contributed by atoms with E-state index in [1.165, 1.54) is 6.33 Å². The molecule has 0 aliphatic carbocycles. The molecular weight excluding hydrogens is 390 g/mol. The molecule has 0 saturated heterocycles. The molecule has 2 heterocycles. The number of aliphatic hydroxyl groups is 1. The van der Waals surface area contributed by atoms with Gasteiger partial charge in [0.05, 0.1) is 12.5 Å². The number of furan rings is 1. The standard InChI is InChI=1S/C25H27N3O3/c1-30-20-13-11-18(12-14-20)21-22-24(26-15-7-2-3-8-16-29)27-17-28-25(22)31-23(21)19-9-5-4-6-10-19/h4-6,9-14,17,29H,2-3,7-8,15-16H2,1H3,(H,26,27,28). The van der Waals surface area contributed by atoms with E-state index in [4.69, 9.17) is 14.3 Å². The molecule has 4 aromatic rings. The summed E-state index contributed by atoms with van der Waals surface area (Å²) in [6, 6.07) is 18.0. The first-order valence-corrected chi connectivity index (χ1v) is 10.6. The minimum Gasteiger partial charge on any atom is -0.497 e. The van der Waals surface area contributed by atoms with Crippen molar-refractivity contribution in [2.24, 2.45) is 0 Å². The van der Waals surface area contributed by atoms with E-state index >= 15 is 0 Å². The summed E-state index contributed by atoms with van der Waals surface area (Å²) >= 11 is 0. The summed E-state index contributed by atoms with van der Waals surface area (Å²) in [5.74, 6) is 2.34. The average Bonchev–Trinajstić information content (AvgIpc) is 3.22. The third-order valence-electron chi connectivity index (χ3n) is 5.28. The summed E-state index contributed by atoms with van der Waals surface area (Å²) in [5, 5.41) is 13.3. The molecule has 0 spiro atoms. The molecule has 0 amide bonds. The van der Waals surface area contributed by atoms with Crippen molar-refractivity contribution in [3.05, 3.63) is 60.9 Å². The van der Waals surface area contributed by atoms with Crippen LogP contribution in [0, 0.1) is 0 Å². The lowest BCUT2D eigenvalue weighted by atomic mass is 9.99. The van der Waals surface area contributed by atoms with Crippen LogP contribution in [-0.4, -0.2) is 35.3 Å². The van der Waals surface area contributed by atoms with Gasteiger partial charge in [-0.25, -0.2) is 9.97 Å². The van der Waals surface area contributed by atoms with Crippen LogP contribution in [0.25, 0.3) is 33.6 Å². The molecular formula is C25H27N3O3. The predicted molar refractivity (Wildman–Crippen MR) is 123 cm³/mol. The molecule has 0 fully saturated rings. The first-order chi connectivity index (χ1) is 15.3. The second-order valence-corrected chi connectivity index (χ2v) is 7.37. The van der Waals surface area contributed by atoms with Crippen LogP contribution in [0.1, 0.15) is 25.7 Å². The molecule has 2 N–H and O–H groups in total. The van der Waals surface area contributed by atoms with Crippen molar-refractivity contribution in [3.8, 4) is 28.2 Å². The van der Waals surface area contributed by atoms with Crippen molar-refractivity contribution >= 4 is 16.9 Å². The third kappa shape index (κ3) is 4.70. The summed E-state index contributed by atoms with van der Waals surface area (Å²) in [5.41, 5.74) is 3.52. The minimum atomic E-state index is 0.252. The molecule has 0 atom stereocenters. The number of nitrogens with one attached hydrogen (secondary N) is 1. The first kappa shape index (κ1) is 20.9. The van der Waals surface area contributed by atoms with Gasteiger partial charge >= 0.3 is 0 Å². The number of ether oxygens (including phenoxy) is 1. The quantitative estimate of drug-likeness (QED) is 0.330. The molecule has 0 saturated carbocycles. The van der Waals surface area contributed by atoms with E-state index in [1.54, 1.807) is 7.11 Å². The Morgan fingerprint density at radius 1 is 0.903 bits per heavy atom. The number of rotatable bonds is 10. The molecule has 6 heteroatoms. The maximum atomic E-state index is 8.94. The van der Waals surface area contributed by atoms with Crippen LogP contribution < -0.4 is 10.1 Å². The highest BCUT2D eigenvalue weighted by Crippen LogP contribution is 2.42. The van der Waals surface area contributed by atoms with Gasteiger partial charge in [-0.05, 0) is 30.5 Å². The molecule has 4 rings (SSSR count). The number of unbranched alkanes of at least 4 members (excludes halogenated alkanes) is 3. The van der Waals surface area contributed by atoms with Crippen LogP contribution >= 0.6 is 0 Å². The number of hydrogen-bond acceptors (Lipinski definition) is 6. The van der Waals surface area contributed by atoms with E-state index in [0.29, 0.717) is 5.71 Å². The van der Waals surface area contributed by atoms with E-state index < -0.39 is 0 Å². The third-order valence-corrected chi connectivity index (χ3v) is 5.28. The summed E-state index contributed by atoms with van der Waals surface area (Å²) in [7, 11) is 1.66. The zero-order valence-corrected chi connectivity index (χ0v) is 17.7. The molecule has 0 aliphatic rings. The topological polar surface area (TPSA) is 80.4 Å². The Kier molecular flexibility index (Phi) is 6.79. The summed E-state index contributed by atoms with van der Waals surface area (Å²) in [6.07, 6.45) is 5.48. The highest BCUT2D eigenvalue weighted by Gasteiger charge is 2.22. The summed E-state index contributed by atoms with van der Waals surface area (Å²) in [6.45, 7) is 1.05. The Balaban J connectivity index is 1.75. The van der Waals surface area contributed by atoms with E-state index in [0.717, 1.165) is 71.6 Å². The maximum absolute atomic E-state index is 8.94. The molecule has 31 heavy (non-hydrogen) atoms. The largest absolute Gasteiger partial charge is 0.497 e. The molecule has 160 valence electrons. The van der Waals surface area contributed by atoms with Crippen molar-refractivity contribution in [1.29, 1.82) is 0 Å². The van der Waals surface area contributed by atoms with Crippen LogP contribution in [0.2, 0.25) is 0 Å². The van der Waals surface area contributed by atoms with Gasteiger partial charge in [0.1, 0.15) is 23.7 Å². The van der Waals surface area contributed by atoms with E-state index in [1.807, 2.05) is 54.6 Å². The zero-order chi connectivity index (χ0) is 21.5. The molecule has 0 radical (unpaired) electrons. The van der Waals surface area contributed by atoms with Gasteiger partial charge in [-0.1, -0.05) is 55.3 Å². The fourth-order valence-electron chi connectivity index (χ4n) is 3.69. The number of aromatic nitrogens is 2. The van der Waals surface area contributed by atoms with E-state index in [2.05, 4.69) is 15.3 Å². The number of hydrogen-bond donors (Lipinski definition) is 2. The molecule has 0 unspecified atom stereocenters. The number of aliphatic hydroxyl groups excluding tert-OH is 1. The predicted octanol–water partition coefficient (Wildman–Crippen LogP) is 5.53. The number of nitrogens with zero attached hydrogens (tertiary/aromatic N) is 2. The summed E-state index contributed by atoms with van der Waals surface area (Å²) < 4.78 is 11.6. The lowest BCUT2D eigenvalue weighted by Crippen LogP contribution is -2.04. The fraction of sp³-hybridized carbons (Fsp3) is 0.280. The van der Waals surface area contributed by atoms with Gasteiger partial charge < -0.3 is 19.6 Å². The lowest BCUT2D eigenvalue weighted by Gasteiger charge is -2.09. The van der Waals surface area contributed by atoms with Crippen LogP contribution in [0.4, 0.5) is 5.82 Å². The van der Waals surface area contributed by atoms with Crippen molar-refractivity contribution < 1.29 is 14.3 Å². The zero-order valence-electron chi connectivity index (χ0n) is 17.7. The molecule has 2 aromatic carbocycles. The Morgan fingerprint density at radius 2 is 1.68 bits per heavy atom. The second-order valence-electron chi connectivity index (χ2n) is 7.37. The first-order valence-electron chi connectivity index (χ1n) is 10.6. The molecule has 0 bridgehead atoms. The van der Waals surface area contributed by atoms with Gasteiger partial charge in [-0.2, -0.15) is 0 Å². The summed E-state index contributed by atoms with van der Waals surface area (Å²) in [4.78, 5) is 8.93. The number of methoxy groups -OCH3 is 1. The highest BCUT2D eigenvalue weighted by atomic mass is 16.5. The van der Waals surface area contributed by atoms with E-state index in [-0.39, 0.29) is 6.61 Å². The number of benzene rings is 2. The van der Waals surface area contributed by atoms with Crippen molar-refractivity contribution in [2.45, 2.75) is 25.7 Å². The van der Waals surface area contributed by atoms with Crippen molar-refractivity contribution in [3.63, 3.8) is 0 Å². The lowest BCUT2D eigenvalue weighted by molar-refractivity contribution is 0.283. The Hall–Kier alpha value is -3.38. The normalized spacial score (nSPS) is 11.0. The second kappa shape index (κ2) is 10.1. The van der Waals surface area contributed by atoms with Crippen LogP contribution in [0.3, 0.4) is 0 Å². The maximum Gasteiger partial charge on any atom is 0.232 e. The van der Waals surface area contributed by atoms with Gasteiger partial charge in [-0.3, -0.25) is 0 Å². The smallest absolute Gasteiger partial charge is 0.232 e. The number of anilines is 1. The van der Waals surface area contributed by atoms with Crippen molar-refractivity contribution in [2.75, 3.05) is 25.6 Å². The highest BCUT2D eigenvalue weighted by molar-refractivity contribution is 6.05. The van der Waals surface area contributed by atoms with Gasteiger partial charge in [0, 0.05) is 24.3 Å².